The molecule has 88 valence electrons. The molecule has 3 rings (SSSR count). The molecule has 0 spiro atoms. The summed E-state index contributed by atoms with van der Waals surface area (Å²) in [5, 5.41) is 0.897. The molecule has 0 amide bonds. The first-order valence-corrected chi connectivity index (χ1v) is 7.44. The number of rotatable bonds is 1. The number of fused-ring (bicyclic) bond motifs is 1. The Morgan fingerprint density at radius 1 is 1.06 bits per heavy atom. The zero-order valence-corrected chi connectivity index (χ0v) is 10.6. The van der Waals surface area contributed by atoms with E-state index in [-0.39, 0.29) is 0 Å². The third-order valence-corrected chi connectivity index (χ3v) is 5.35. The van der Waals surface area contributed by atoms with Crippen LogP contribution < -0.4 is 10.7 Å². The first-order valence-electron chi connectivity index (χ1n) is 6.62. The lowest BCUT2D eigenvalue weighted by Gasteiger charge is -2.31. The second-order valence-corrected chi connectivity index (χ2v) is 6.53. The van der Waals surface area contributed by atoms with Gasteiger partial charge in [-0.2, -0.15) is 0 Å². The molecule has 1 atom stereocenters. The Kier molecular flexibility index (Phi) is 2.88. The molecule has 3 heteroatoms. The number of nitrogens with two attached hydrogens (primary N) is 1. The van der Waals surface area contributed by atoms with Crippen LogP contribution in [0.15, 0.2) is 0 Å². The summed E-state index contributed by atoms with van der Waals surface area (Å²) >= 11 is 1.78. The third kappa shape index (κ3) is 1.97. The SMILES string of the molecule is Nc1[nH+]c2c(s1)CC(C1CCCCC1)CC2. The molecule has 1 aromatic heterocycles. The van der Waals surface area contributed by atoms with E-state index in [0.717, 1.165) is 17.0 Å². The van der Waals surface area contributed by atoms with Crippen LogP contribution in [0.3, 0.4) is 0 Å². The van der Waals surface area contributed by atoms with Crippen LogP contribution in [0.25, 0.3) is 0 Å². The van der Waals surface area contributed by atoms with Gasteiger partial charge in [-0.15, -0.1) is 0 Å². The molecule has 1 fully saturated rings. The van der Waals surface area contributed by atoms with Crippen molar-refractivity contribution >= 4 is 16.5 Å². The topological polar surface area (TPSA) is 40.2 Å². The van der Waals surface area contributed by atoms with Crippen molar-refractivity contribution in [2.75, 3.05) is 5.73 Å². The summed E-state index contributed by atoms with van der Waals surface area (Å²) in [7, 11) is 0. The maximum absolute atomic E-state index is 5.85. The van der Waals surface area contributed by atoms with E-state index in [2.05, 4.69) is 4.98 Å². The van der Waals surface area contributed by atoms with Crippen molar-refractivity contribution in [2.24, 2.45) is 11.8 Å². The van der Waals surface area contributed by atoms with E-state index in [4.69, 9.17) is 5.73 Å². The minimum Gasteiger partial charge on any atom is -0.278 e. The summed E-state index contributed by atoms with van der Waals surface area (Å²) in [4.78, 5) is 4.86. The monoisotopic (exact) mass is 237 g/mol. The number of nitrogen functional groups attached to an aromatic ring is 1. The lowest BCUT2D eigenvalue weighted by Crippen LogP contribution is -2.26. The van der Waals surface area contributed by atoms with Crippen LogP contribution in [0, 0.1) is 11.8 Å². The minimum atomic E-state index is 0.897. The molecule has 2 nitrogen and oxygen atoms in total. The lowest BCUT2D eigenvalue weighted by atomic mass is 9.74. The highest BCUT2D eigenvalue weighted by molar-refractivity contribution is 7.15. The van der Waals surface area contributed by atoms with Crippen molar-refractivity contribution in [3.63, 3.8) is 0 Å². The summed E-state index contributed by atoms with van der Waals surface area (Å²) < 4.78 is 0. The Morgan fingerprint density at radius 2 is 1.88 bits per heavy atom. The van der Waals surface area contributed by atoms with E-state index in [9.17, 15) is 0 Å². The highest BCUT2D eigenvalue weighted by atomic mass is 32.1. The second-order valence-electron chi connectivity index (χ2n) is 5.39. The molecule has 1 aromatic rings. The fraction of sp³-hybridized carbons (Fsp3) is 0.769. The van der Waals surface area contributed by atoms with E-state index >= 15 is 0 Å². The van der Waals surface area contributed by atoms with Gasteiger partial charge in [-0.05, 0) is 24.7 Å². The number of aromatic amines is 1. The van der Waals surface area contributed by atoms with Crippen molar-refractivity contribution in [2.45, 2.75) is 51.4 Å². The van der Waals surface area contributed by atoms with E-state index in [1.54, 1.807) is 16.2 Å². The van der Waals surface area contributed by atoms with Gasteiger partial charge in [-0.1, -0.05) is 43.4 Å². The second kappa shape index (κ2) is 4.36. The Balaban J connectivity index is 1.71. The van der Waals surface area contributed by atoms with Crippen molar-refractivity contribution in [1.29, 1.82) is 0 Å². The number of hydrogen-bond acceptors (Lipinski definition) is 2. The average Bonchev–Trinajstić information content (AvgIpc) is 2.69. The van der Waals surface area contributed by atoms with E-state index in [1.165, 1.54) is 57.1 Å². The summed E-state index contributed by atoms with van der Waals surface area (Å²) in [5.74, 6) is 1.95. The van der Waals surface area contributed by atoms with Crippen molar-refractivity contribution < 1.29 is 4.98 Å². The van der Waals surface area contributed by atoms with Crippen molar-refractivity contribution in [1.82, 2.24) is 0 Å². The van der Waals surface area contributed by atoms with Crippen molar-refractivity contribution in [3.8, 4) is 0 Å². The lowest BCUT2D eigenvalue weighted by molar-refractivity contribution is -0.368. The van der Waals surface area contributed by atoms with Crippen LogP contribution in [0.2, 0.25) is 0 Å². The molecule has 0 aromatic carbocycles. The molecular weight excluding hydrogens is 216 g/mol. The molecule has 3 N–H and O–H groups in total. The Morgan fingerprint density at radius 3 is 2.69 bits per heavy atom. The van der Waals surface area contributed by atoms with Crippen LogP contribution in [0.1, 0.15) is 49.1 Å². The maximum Gasteiger partial charge on any atom is 0.329 e. The minimum absolute atomic E-state index is 0.897. The number of aromatic nitrogens is 1. The smallest absolute Gasteiger partial charge is 0.278 e. The van der Waals surface area contributed by atoms with Gasteiger partial charge < -0.3 is 0 Å². The van der Waals surface area contributed by atoms with Gasteiger partial charge in [-0.3, -0.25) is 5.73 Å². The Labute approximate surface area is 101 Å². The molecule has 1 unspecified atom stereocenters. The largest absolute Gasteiger partial charge is 0.329 e. The zero-order chi connectivity index (χ0) is 11.0. The van der Waals surface area contributed by atoms with Crippen LogP contribution >= 0.6 is 11.3 Å². The standard InChI is InChI=1S/C13H20N2S/c14-13-15-11-7-6-10(8-12(11)16-13)9-4-2-1-3-5-9/h9-10H,1-8H2,(H2,14,15)/p+1. The number of hydrogen-bond donors (Lipinski definition) is 1. The molecular formula is C13H21N2S+. The molecule has 0 aliphatic heterocycles. The maximum atomic E-state index is 5.85. The normalized spacial score (nSPS) is 26.6. The van der Waals surface area contributed by atoms with Gasteiger partial charge in [0.2, 0.25) is 0 Å². The molecule has 2 aliphatic carbocycles. The van der Waals surface area contributed by atoms with E-state index < -0.39 is 0 Å². The van der Waals surface area contributed by atoms with Crippen molar-refractivity contribution in [3.05, 3.63) is 10.6 Å². The number of anilines is 1. The van der Waals surface area contributed by atoms with E-state index in [0.29, 0.717) is 0 Å². The Bertz CT molecular complexity index is 366. The number of aryl methyl sites for hydroxylation is 1. The summed E-state index contributed by atoms with van der Waals surface area (Å²) in [6.45, 7) is 0. The van der Waals surface area contributed by atoms with Crippen LogP contribution in [0.5, 0.6) is 0 Å². The number of thiazole rings is 1. The quantitative estimate of drug-likeness (QED) is 0.801. The Hall–Kier alpha value is -0.570. The summed E-state index contributed by atoms with van der Waals surface area (Å²) in [5.41, 5.74) is 7.27. The highest BCUT2D eigenvalue weighted by Gasteiger charge is 2.30. The predicted octanol–water partition coefficient (Wildman–Crippen LogP) is 2.83. The highest BCUT2D eigenvalue weighted by Crippen LogP contribution is 2.38. The molecule has 0 saturated heterocycles. The first-order chi connectivity index (χ1) is 7.83. The van der Waals surface area contributed by atoms with Crippen LogP contribution in [-0.4, -0.2) is 0 Å². The van der Waals surface area contributed by atoms with Gasteiger partial charge in [0.1, 0.15) is 5.69 Å². The van der Waals surface area contributed by atoms with Gasteiger partial charge in [0.15, 0.2) is 0 Å². The fourth-order valence-electron chi connectivity index (χ4n) is 3.48. The first kappa shape index (κ1) is 10.6. The van der Waals surface area contributed by atoms with Gasteiger partial charge in [0.05, 0.1) is 4.88 Å². The average molecular weight is 237 g/mol. The molecule has 2 aliphatic rings. The molecule has 1 saturated carbocycles. The molecule has 16 heavy (non-hydrogen) atoms. The summed E-state index contributed by atoms with van der Waals surface area (Å²) in [6, 6.07) is 0. The van der Waals surface area contributed by atoms with Gasteiger partial charge >= 0.3 is 5.13 Å². The van der Waals surface area contributed by atoms with Gasteiger partial charge in [0.25, 0.3) is 0 Å². The van der Waals surface area contributed by atoms with Crippen LogP contribution in [-0.2, 0) is 12.8 Å². The molecule has 0 bridgehead atoms. The van der Waals surface area contributed by atoms with Gasteiger partial charge in [0, 0.05) is 6.42 Å². The number of nitrogens with one attached hydrogen (secondary N) is 1. The third-order valence-electron chi connectivity index (χ3n) is 4.37. The summed E-state index contributed by atoms with van der Waals surface area (Å²) in [6.07, 6.45) is 11.2. The fourth-order valence-corrected chi connectivity index (χ4v) is 4.50. The predicted molar refractivity (Wildman–Crippen MR) is 67.4 cm³/mol. The zero-order valence-electron chi connectivity index (χ0n) is 9.80. The molecule has 1 heterocycles. The van der Waals surface area contributed by atoms with Crippen LogP contribution in [0.4, 0.5) is 5.13 Å². The van der Waals surface area contributed by atoms with E-state index in [1.807, 2.05) is 0 Å². The number of H-pyrrole nitrogens is 1. The molecule has 0 radical (unpaired) electrons. The van der Waals surface area contributed by atoms with Gasteiger partial charge in [-0.25, -0.2) is 4.98 Å².